The van der Waals surface area contributed by atoms with Gasteiger partial charge in [-0.15, -0.1) is 0 Å². The summed E-state index contributed by atoms with van der Waals surface area (Å²) in [4.78, 5) is 15.9. The first-order valence-electron chi connectivity index (χ1n) is 5.78. The minimum Gasteiger partial charge on any atom is -0.332 e. The summed E-state index contributed by atoms with van der Waals surface area (Å²) in [5.41, 5.74) is 0. The molecule has 0 bridgehead atoms. The summed E-state index contributed by atoms with van der Waals surface area (Å²) in [7, 11) is 1.87. The van der Waals surface area contributed by atoms with Gasteiger partial charge in [-0.05, 0) is 12.3 Å². The Hall–Kier alpha value is -1.12. The van der Waals surface area contributed by atoms with E-state index in [9.17, 15) is 4.79 Å². The van der Waals surface area contributed by atoms with Gasteiger partial charge in [0.15, 0.2) is 11.6 Å². The van der Waals surface area contributed by atoms with Gasteiger partial charge in [-0.2, -0.15) is 0 Å². The van der Waals surface area contributed by atoms with Gasteiger partial charge in [0.1, 0.15) is 0 Å². The lowest BCUT2D eigenvalue weighted by Crippen LogP contribution is -2.08. The SMILES string of the molecule is Cn1ccnc1C(=O)CCC1CCCC1. The van der Waals surface area contributed by atoms with Gasteiger partial charge < -0.3 is 4.57 Å². The molecule has 0 unspecified atom stereocenters. The van der Waals surface area contributed by atoms with E-state index < -0.39 is 0 Å². The smallest absolute Gasteiger partial charge is 0.198 e. The second kappa shape index (κ2) is 4.60. The fourth-order valence-electron chi connectivity index (χ4n) is 2.38. The molecule has 1 heterocycles. The lowest BCUT2D eigenvalue weighted by atomic mass is 10.00. The molecule has 0 aliphatic heterocycles. The van der Waals surface area contributed by atoms with Gasteiger partial charge in [0.05, 0.1) is 0 Å². The molecule has 0 N–H and O–H groups in total. The van der Waals surface area contributed by atoms with E-state index >= 15 is 0 Å². The molecule has 1 aromatic heterocycles. The van der Waals surface area contributed by atoms with Crippen LogP contribution in [0.25, 0.3) is 0 Å². The number of aromatic nitrogens is 2. The molecule has 82 valence electrons. The van der Waals surface area contributed by atoms with Gasteiger partial charge in [0.25, 0.3) is 0 Å². The van der Waals surface area contributed by atoms with E-state index in [1.54, 1.807) is 10.8 Å². The Morgan fingerprint density at radius 3 is 2.87 bits per heavy atom. The average molecular weight is 206 g/mol. The second-order valence-corrected chi connectivity index (χ2v) is 4.47. The molecule has 3 nitrogen and oxygen atoms in total. The second-order valence-electron chi connectivity index (χ2n) is 4.47. The van der Waals surface area contributed by atoms with E-state index in [0.717, 1.165) is 12.3 Å². The minimum atomic E-state index is 0.189. The zero-order valence-corrected chi connectivity index (χ0v) is 9.28. The zero-order valence-electron chi connectivity index (χ0n) is 9.28. The van der Waals surface area contributed by atoms with Crippen molar-refractivity contribution in [3.63, 3.8) is 0 Å². The Morgan fingerprint density at radius 1 is 1.53 bits per heavy atom. The Bertz CT molecular complexity index is 337. The highest BCUT2D eigenvalue weighted by Crippen LogP contribution is 2.28. The van der Waals surface area contributed by atoms with E-state index in [2.05, 4.69) is 4.98 Å². The molecule has 0 saturated heterocycles. The van der Waals surface area contributed by atoms with Crippen LogP contribution in [0.2, 0.25) is 0 Å². The van der Waals surface area contributed by atoms with Crippen LogP contribution in [0.4, 0.5) is 0 Å². The first-order valence-corrected chi connectivity index (χ1v) is 5.78. The summed E-state index contributed by atoms with van der Waals surface area (Å²) in [6, 6.07) is 0. The summed E-state index contributed by atoms with van der Waals surface area (Å²) >= 11 is 0. The van der Waals surface area contributed by atoms with Crippen molar-refractivity contribution in [2.45, 2.75) is 38.5 Å². The van der Waals surface area contributed by atoms with Crippen molar-refractivity contribution in [3.8, 4) is 0 Å². The monoisotopic (exact) mass is 206 g/mol. The Balaban J connectivity index is 1.84. The summed E-state index contributed by atoms with van der Waals surface area (Å²) in [6.45, 7) is 0. The van der Waals surface area contributed by atoms with Crippen LogP contribution < -0.4 is 0 Å². The molecule has 0 atom stereocenters. The number of carbonyl (C=O) groups excluding carboxylic acids is 1. The molecule has 1 fully saturated rings. The molecule has 2 rings (SSSR count). The van der Waals surface area contributed by atoms with Crippen LogP contribution in [0, 0.1) is 5.92 Å². The van der Waals surface area contributed by atoms with E-state index in [1.807, 2.05) is 13.2 Å². The van der Waals surface area contributed by atoms with Crippen LogP contribution in [0.15, 0.2) is 12.4 Å². The summed E-state index contributed by atoms with van der Waals surface area (Å²) < 4.78 is 1.80. The predicted molar refractivity (Wildman–Crippen MR) is 58.7 cm³/mol. The molecule has 1 aliphatic rings. The first kappa shape index (κ1) is 10.4. The number of Topliss-reactive ketones (excluding diaryl/α,β-unsaturated/α-hetero) is 1. The van der Waals surface area contributed by atoms with Gasteiger partial charge in [0, 0.05) is 25.9 Å². The van der Waals surface area contributed by atoms with Crippen LogP contribution in [-0.2, 0) is 7.05 Å². The lowest BCUT2D eigenvalue weighted by molar-refractivity contribution is 0.0961. The van der Waals surface area contributed by atoms with E-state index in [0.29, 0.717) is 12.2 Å². The van der Waals surface area contributed by atoms with Crippen molar-refractivity contribution >= 4 is 5.78 Å². The van der Waals surface area contributed by atoms with Crippen molar-refractivity contribution in [1.82, 2.24) is 9.55 Å². The summed E-state index contributed by atoms with van der Waals surface area (Å²) in [5, 5.41) is 0. The lowest BCUT2D eigenvalue weighted by Gasteiger charge is -2.07. The third-order valence-corrected chi connectivity index (χ3v) is 3.32. The van der Waals surface area contributed by atoms with Crippen molar-refractivity contribution < 1.29 is 4.79 Å². The molecule has 1 aromatic rings. The largest absolute Gasteiger partial charge is 0.332 e. The number of hydrogen-bond acceptors (Lipinski definition) is 2. The number of hydrogen-bond donors (Lipinski definition) is 0. The summed E-state index contributed by atoms with van der Waals surface area (Å²) in [6.07, 6.45) is 10.5. The average Bonchev–Trinajstić information content (AvgIpc) is 2.84. The maximum absolute atomic E-state index is 11.8. The number of carbonyl (C=O) groups is 1. The standard InChI is InChI=1S/C12H18N2O/c1-14-9-8-13-12(14)11(15)7-6-10-4-2-3-5-10/h8-10H,2-7H2,1H3. The Labute approximate surface area is 90.5 Å². The van der Waals surface area contributed by atoms with E-state index in [4.69, 9.17) is 0 Å². The molecule has 1 saturated carbocycles. The molecule has 0 aromatic carbocycles. The zero-order chi connectivity index (χ0) is 10.7. The van der Waals surface area contributed by atoms with Crippen LogP contribution in [0.3, 0.4) is 0 Å². The van der Waals surface area contributed by atoms with Gasteiger partial charge >= 0.3 is 0 Å². The number of nitrogens with zero attached hydrogens (tertiary/aromatic N) is 2. The van der Waals surface area contributed by atoms with Crippen molar-refractivity contribution in [2.75, 3.05) is 0 Å². The van der Waals surface area contributed by atoms with Crippen molar-refractivity contribution in [3.05, 3.63) is 18.2 Å². The molecule has 15 heavy (non-hydrogen) atoms. The predicted octanol–water partition coefficient (Wildman–Crippen LogP) is 2.57. The fraction of sp³-hybridized carbons (Fsp3) is 0.667. The van der Waals surface area contributed by atoms with Crippen LogP contribution in [0.5, 0.6) is 0 Å². The topological polar surface area (TPSA) is 34.9 Å². The van der Waals surface area contributed by atoms with E-state index in [1.165, 1.54) is 25.7 Å². The highest BCUT2D eigenvalue weighted by atomic mass is 16.1. The number of ketones is 1. The van der Waals surface area contributed by atoms with Gasteiger partial charge in [-0.1, -0.05) is 25.7 Å². The van der Waals surface area contributed by atoms with Gasteiger partial charge in [-0.25, -0.2) is 4.98 Å². The maximum atomic E-state index is 11.8. The quantitative estimate of drug-likeness (QED) is 0.710. The van der Waals surface area contributed by atoms with Crippen molar-refractivity contribution in [1.29, 1.82) is 0 Å². The highest BCUT2D eigenvalue weighted by Gasteiger charge is 2.18. The number of rotatable bonds is 4. The molecule has 0 spiro atoms. The molecular weight excluding hydrogens is 188 g/mol. The van der Waals surface area contributed by atoms with Crippen LogP contribution in [0.1, 0.15) is 49.1 Å². The van der Waals surface area contributed by atoms with E-state index in [-0.39, 0.29) is 5.78 Å². The Kier molecular flexibility index (Phi) is 3.19. The highest BCUT2D eigenvalue weighted by molar-refractivity contribution is 5.92. The van der Waals surface area contributed by atoms with Gasteiger partial charge in [0.2, 0.25) is 0 Å². The van der Waals surface area contributed by atoms with Crippen LogP contribution in [-0.4, -0.2) is 15.3 Å². The maximum Gasteiger partial charge on any atom is 0.198 e. The third-order valence-electron chi connectivity index (χ3n) is 3.32. The first-order chi connectivity index (χ1) is 7.27. The van der Waals surface area contributed by atoms with Crippen molar-refractivity contribution in [2.24, 2.45) is 13.0 Å². The Morgan fingerprint density at radius 2 is 2.27 bits per heavy atom. The molecule has 1 aliphatic carbocycles. The minimum absolute atomic E-state index is 0.189. The van der Waals surface area contributed by atoms with Gasteiger partial charge in [-0.3, -0.25) is 4.79 Å². The van der Waals surface area contributed by atoms with Crippen LogP contribution >= 0.6 is 0 Å². The molecule has 3 heteroatoms. The normalized spacial score (nSPS) is 17.1. The fourth-order valence-corrected chi connectivity index (χ4v) is 2.38. The summed E-state index contributed by atoms with van der Waals surface area (Å²) in [5.74, 6) is 1.58. The molecule has 0 radical (unpaired) electrons. The number of imidazole rings is 1. The number of aryl methyl sites for hydroxylation is 1. The molecule has 0 amide bonds. The third kappa shape index (κ3) is 2.46. The molecular formula is C12H18N2O.